The van der Waals surface area contributed by atoms with Crippen molar-refractivity contribution in [1.29, 1.82) is 0 Å². The summed E-state index contributed by atoms with van der Waals surface area (Å²) in [5.41, 5.74) is 5.22. The summed E-state index contributed by atoms with van der Waals surface area (Å²) in [6, 6.07) is 13.7. The van der Waals surface area contributed by atoms with Crippen LogP contribution >= 0.6 is 0 Å². The van der Waals surface area contributed by atoms with Gasteiger partial charge < -0.3 is 21.5 Å². The Morgan fingerprint density at radius 3 is 2.21 bits per heavy atom. The number of aromatic hydroxyl groups is 1. The minimum Gasteiger partial charge on any atom is -0.505 e. The normalized spacial score (nSPS) is 10.6. The molecule has 3 aromatic rings. The van der Waals surface area contributed by atoms with E-state index in [1.807, 2.05) is 30.3 Å². The van der Waals surface area contributed by atoms with E-state index < -0.39 is 22.8 Å². The predicted molar refractivity (Wildman–Crippen MR) is 111 cm³/mol. The molecule has 0 bridgehead atoms. The van der Waals surface area contributed by atoms with Crippen LogP contribution in [0.2, 0.25) is 0 Å². The first kappa shape index (κ1) is 19.7. The minimum absolute atomic E-state index is 0.0448. The number of phenols is 1. The quantitative estimate of drug-likeness (QED) is 0.465. The highest BCUT2D eigenvalue weighted by atomic mass is 16.3. The van der Waals surface area contributed by atoms with Crippen LogP contribution in [-0.2, 0) is 20.6 Å². The fraction of sp³-hybridized carbons (Fsp3) is 0.150. The van der Waals surface area contributed by atoms with Gasteiger partial charge in [-0.05, 0) is 17.7 Å². The van der Waals surface area contributed by atoms with Crippen LogP contribution in [0.5, 0.6) is 5.75 Å². The van der Waals surface area contributed by atoms with Gasteiger partial charge in [0, 0.05) is 20.6 Å². The maximum atomic E-state index is 12.8. The molecule has 0 aliphatic carbocycles. The SMILES string of the molecule is Cn1c(=O)c(NCc2ccccc2)c(Nc2cccc(C(N)=O)c2O)c(=O)n1C. The summed E-state index contributed by atoms with van der Waals surface area (Å²) in [4.78, 5) is 37.1. The molecule has 9 nitrogen and oxygen atoms in total. The van der Waals surface area contributed by atoms with Crippen LogP contribution in [0.3, 0.4) is 0 Å². The zero-order valence-electron chi connectivity index (χ0n) is 16.0. The molecular weight excluding hydrogens is 374 g/mol. The highest BCUT2D eigenvalue weighted by molar-refractivity contribution is 5.98. The Hall–Kier alpha value is -4.01. The molecule has 150 valence electrons. The number of hydrogen-bond acceptors (Lipinski definition) is 6. The van der Waals surface area contributed by atoms with Gasteiger partial charge >= 0.3 is 0 Å². The molecule has 5 N–H and O–H groups in total. The van der Waals surface area contributed by atoms with Crippen molar-refractivity contribution in [2.24, 2.45) is 19.8 Å². The van der Waals surface area contributed by atoms with E-state index in [1.54, 1.807) is 0 Å². The predicted octanol–water partition coefficient (Wildman–Crippen LogP) is 1.24. The van der Waals surface area contributed by atoms with Crippen molar-refractivity contribution in [3.05, 3.63) is 80.4 Å². The van der Waals surface area contributed by atoms with Crippen molar-refractivity contribution in [3.8, 4) is 5.75 Å². The van der Waals surface area contributed by atoms with E-state index in [2.05, 4.69) is 10.6 Å². The van der Waals surface area contributed by atoms with Gasteiger partial charge in [0.05, 0.1) is 11.3 Å². The Kier molecular flexibility index (Phi) is 5.40. The van der Waals surface area contributed by atoms with Crippen molar-refractivity contribution >= 4 is 23.0 Å². The first-order chi connectivity index (χ1) is 13.8. The molecule has 0 saturated carbocycles. The standard InChI is InChI=1S/C20H21N5O4/c1-24-19(28)15(22-11-12-7-4-3-5-8-12)16(20(29)25(24)2)23-14-10-6-9-13(17(14)26)18(21)27/h3-10,22-23,26H,11H2,1-2H3,(H2,21,27). The van der Waals surface area contributed by atoms with E-state index in [4.69, 9.17) is 5.73 Å². The molecule has 0 saturated heterocycles. The maximum Gasteiger partial charge on any atom is 0.290 e. The highest BCUT2D eigenvalue weighted by Gasteiger charge is 2.19. The first-order valence-corrected chi connectivity index (χ1v) is 8.78. The van der Waals surface area contributed by atoms with Crippen LogP contribution in [0.1, 0.15) is 15.9 Å². The van der Waals surface area contributed by atoms with Crippen LogP contribution in [0, 0.1) is 0 Å². The largest absolute Gasteiger partial charge is 0.505 e. The van der Waals surface area contributed by atoms with E-state index in [0.717, 1.165) is 10.2 Å². The summed E-state index contributed by atoms with van der Waals surface area (Å²) >= 11 is 0. The number of nitrogens with zero attached hydrogens (tertiary/aromatic N) is 2. The number of rotatable bonds is 6. The zero-order valence-corrected chi connectivity index (χ0v) is 16.0. The molecule has 0 spiro atoms. The van der Waals surface area contributed by atoms with Crippen molar-refractivity contribution in [1.82, 2.24) is 9.36 Å². The number of carbonyl (C=O) groups is 1. The lowest BCUT2D eigenvalue weighted by Gasteiger charge is -2.17. The van der Waals surface area contributed by atoms with Crippen LogP contribution in [-0.4, -0.2) is 20.4 Å². The van der Waals surface area contributed by atoms with Gasteiger partial charge in [0.25, 0.3) is 17.0 Å². The van der Waals surface area contributed by atoms with Crippen LogP contribution in [0.15, 0.2) is 58.1 Å². The molecule has 0 radical (unpaired) electrons. The number of benzene rings is 2. The van der Waals surface area contributed by atoms with Crippen LogP contribution < -0.4 is 27.5 Å². The van der Waals surface area contributed by atoms with Gasteiger partial charge in [-0.1, -0.05) is 36.4 Å². The van der Waals surface area contributed by atoms with Gasteiger partial charge in [-0.2, -0.15) is 0 Å². The molecule has 3 rings (SSSR count). The van der Waals surface area contributed by atoms with Gasteiger partial charge in [-0.3, -0.25) is 14.4 Å². The number of carbonyl (C=O) groups excluding carboxylic acids is 1. The van der Waals surface area contributed by atoms with E-state index in [1.165, 1.54) is 37.0 Å². The molecule has 1 amide bonds. The van der Waals surface area contributed by atoms with Crippen molar-refractivity contribution < 1.29 is 9.90 Å². The Balaban J connectivity index is 2.08. The molecule has 0 atom stereocenters. The monoisotopic (exact) mass is 395 g/mol. The second-order valence-electron chi connectivity index (χ2n) is 6.44. The summed E-state index contributed by atoms with van der Waals surface area (Å²) in [7, 11) is 2.93. The van der Waals surface area contributed by atoms with Crippen molar-refractivity contribution in [3.63, 3.8) is 0 Å². The summed E-state index contributed by atoms with van der Waals surface area (Å²) in [5.74, 6) is -1.22. The molecule has 0 unspecified atom stereocenters. The lowest BCUT2D eigenvalue weighted by molar-refractivity contribution is 0.0998. The van der Waals surface area contributed by atoms with E-state index in [0.29, 0.717) is 6.54 Å². The number of nitrogens with two attached hydrogens (primary N) is 1. The van der Waals surface area contributed by atoms with Gasteiger partial charge in [-0.25, -0.2) is 9.36 Å². The third-order valence-electron chi connectivity index (χ3n) is 4.59. The second kappa shape index (κ2) is 7.93. The summed E-state index contributed by atoms with van der Waals surface area (Å²) in [6.45, 7) is 0.311. The van der Waals surface area contributed by atoms with E-state index in [9.17, 15) is 19.5 Å². The first-order valence-electron chi connectivity index (χ1n) is 8.78. The van der Waals surface area contributed by atoms with Gasteiger partial charge in [0.2, 0.25) is 0 Å². The number of para-hydroxylation sites is 1. The fourth-order valence-electron chi connectivity index (χ4n) is 2.85. The lowest BCUT2D eigenvalue weighted by Crippen LogP contribution is -2.38. The number of hydrogen-bond donors (Lipinski definition) is 4. The van der Waals surface area contributed by atoms with Crippen molar-refractivity contribution in [2.75, 3.05) is 10.6 Å². The smallest absolute Gasteiger partial charge is 0.290 e. The van der Waals surface area contributed by atoms with Crippen LogP contribution in [0.4, 0.5) is 17.1 Å². The lowest BCUT2D eigenvalue weighted by atomic mass is 10.1. The third kappa shape index (κ3) is 3.84. The fourth-order valence-corrected chi connectivity index (χ4v) is 2.85. The molecule has 1 aromatic heterocycles. The zero-order chi connectivity index (χ0) is 21.1. The Labute approximate surface area is 166 Å². The topological polar surface area (TPSA) is 131 Å². The third-order valence-corrected chi connectivity index (χ3v) is 4.59. The van der Waals surface area contributed by atoms with Crippen LogP contribution in [0.25, 0.3) is 0 Å². The molecule has 1 heterocycles. The van der Waals surface area contributed by atoms with Crippen molar-refractivity contribution in [2.45, 2.75) is 6.54 Å². The van der Waals surface area contributed by atoms with E-state index in [-0.39, 0.29) is 22.6 Å². The average Bonchev–Trinajstić information content (AvgIpc) is 2.72. The maximum absolute atomic E-state index is 12.8. The molecular formula is C20H21N5O4. The Bertz CT molecular complexity index is 1180. The highest BCUT2D eigenvalue weighted by Crippen LogP contribution is 2.30. The molecule has 0 fully saturated rings. The molecule has 29 heavy (non-hydrogen) atoms. The number of aromatic nitrogens is 2. The van der Waals surface area contributed by atoms with E-state index >= 15 is 0 Å². The summed E-state index contributed by atoms with van der Waals surface area (Å²) in [6.07, 6.45) is 0. The number of nitrogens with one attached hydrogen (secondary N) is 2. The molecule has 9 heteroatoms. The summed E-state index contributed by atoms with van der Waals surface area (Å²) < 4.78 is 2.33. The second-order valence-corrected chi connectivity index (χ2v) is 6.44. The molecule has 0 aliphatic heterocycles. The van der Waals surface area contributed by atoms with Gasteiger partial charge in [-0.15, -0.1) is 0 Å². The number of amides is 1. The average molecular weight is 395 g/mol. The molecule has 0 aliphatic rings. The minimum atomic E-state index is -0.814. The number of anilines is 3. The molecule has 2 aromatic carbocycles. The Morgan fingerprint density at radius 2 is 1.59 bits per heavy atom. The number of primary amides is 1. The summed E-state index contributed by atoms with van der Waals surface area (Å²) in [5, 5.41) is 16.1. The van der Waals surface area contributed by atoms with Gasteiger partial charge in [0.1, 0.15) is 11.4 Å². The van der Waals surface area contributed by atoms with Gasteiger partial charge in [0.15, 0.2) is 5.75 Å². The Morgan fingerprint density at radius 1 is 0.966 bits per heavy atom.